The minimum atomic E-state index is -0.470. The Balaban J connectivity index is 2.24. The van der Waals surface area contributed by atoms with E-state index >= 15 is 0 Å². The maximum Gasteiger partial charge on any atom is 0.491 e. The zero-order chi connectivity index (χ0) is 15.0. The molecule has 1 saturated heterocycles. The van der Waals surface area contributed by atoms with Crippen LogP contribution in [0.25, 0.3) is 6.08 Å². The summed E-state index contributed by atoms with van der Waals surface area (Å²) in [6, 6.07) is 3.45. The summed E-state index contributed by atoms with van der Waals surface area (Å²) >= 11 is 5.72. The quantitative estimate of drug-likeness (QED) is 0.865. The molecule has 2 N–H and O–H groups in total. The molecule has 2 heterocycles. The zero-order valence-corrected chi connectivity index (χ0v) is 12.9. The van der Waals surface area contributed by atoms with Gasteiger partial charge in [0.05, 0.1) is 16.9 Å². The summed E-state index contributed by atoms with van der Waals surface area (Å²) in [5.41, 5.74) is 6.51. The molecule has 0 radical (unpaired) electrons. The highest BCUT2D eigenvalue weighted by Gasteiger charge is 2.52. The van der Waals surface area contributed by atoms with Crippen molar-refractivity contribution in [2.24, 2.45) is 5.73 Å². The topological polar surface area (TPSA) is 70.3 Å². The van der Waals surface area contributed by atoms with Gasteiger partial charge < -0.3 is 15.0 Å². The molecule has 0 atom stereocenters. The maximum atomic E-state index is 5.97. The van der Waals surface area contributed by atoms with Gasteiger partial charge in [-0.25, -0.2) is 0 Å². The molecule has 2 rings (SSSR count). The van der Waals surface area contributed by atoms with E-state index in [-0.39, 0.29) is 0 Å². The molecule has 1 fully saturated rings. The highest BCUT2D eigenvalue weighted by atomic mass is 35.5. The Hall–Kier alpha value is -0.945. The molecule has 1 aromatic rings. The van der Waals surface area contributed by atoms with Gasteiger partial charge in [0.2, 0.25) is 0 Å². The predicted octanol–water partition coefficient (Wildman–Crippen LogP) is 2.10. The average Bonchev–Trinajstić information content (AvgIpc) is 2.57. The van der Waals surface area contributed by atoms with Crippen LogP contribution in [0, 0.1) is 0 Å². The third kappa shape index (κ3) is 3.04. The summed E-state index contributed by atoms with van der Waals surface area (Å²) in [4.78, 5) is 0. The van der Waals surface area contributed by atoms with Gasteiger partial charge in [-0.2, -0.15) is 0 Å². The zero-order valence-electron chi connectivity index (χ0n) is 12.2. The number of aromatic nitrogens is 2. The summed E-state index contributed by atoms with van der Waals surface area (Å²) in [5.74, 6) is 0. The average molecular weight is 296 g/mol. The third-order valence-corrected chi connectivity index (χ3v) is 3.98. The van der Waals surface area contributed by atoms with Crippen LogP contribution in [0.3, 0.4) is 0 Å². The van der Waals surface area contributed by atoms with Crippen molar-refractivity contribution in [1.29, 1.82) is 0 Å². The number of hydrogen-bond donors (Lipinski definition) is 1. The lowest BCUT2D eigenvalue weighted by Crippen LogP contribution is -2.41. The van der Waals surface area contributed by atoms with Gasteiger partial charge in [-0.1, -0.05) is 11.6 Å². The van der Waals surface area contributed by atoms with E-state index in [1.165, 1.54) is 0 Å². The lowest BCUT2D eigenvalue weighted by molar-refractivity contribution is 0.00578. The van der Waals surface area contributed by atoms with Crippen LogP contribution in [-0.2, 0) is 9.31 Å². The molecule has 0 unspecified atom stereocenters. The Labute approximate surface area is 124 Å². The molecule has 0 aromatic carbocycles. The fourth-order valence-corrected chi connectivity index (χ4v) is 1.91. The lowest BCUT2D eigenvalue weighted by atomic mass is 9.77. The number of rotatable bonds is 3. The SMILES string of the molecule is CC1(C)OB(C(=Cc2ccc(Cl)nn2)CN)OC1(C)C. The fourth-order valence-electron chi connectivity index (χ4n) is 1.81. The van der Waals surface area contributed by atoms with Crippen LogP contribution in [0.1, 0.15) is 33.4 Å². The molecule has 0 amide bonds. The van der Waals surface area contributed by atoms with Gasteiger partial charge in [0.15, 0.2) is 5.15 Å². The van der Waals surface area contributed by atoms with E-state index in [2.05, 4.69) is 10.2 Å². The van der Waals surface area contributed by atoms with Gasteiger partial charge in [0.1, 0.15) is 0 Å². The van der Waals surface area contributed by atoms with Crippen LogP contribution in [0.15, 0.2) is 17.6 Å². The Morgan fingerprint density at radius 1 is 1.25 bits per heavy atom. The minimum absolute atomic E-state index is 0.321. The first-order chi connectivity index (χ1) is 9.25. The Kier molecular flexibility index (Phi) is 4.20. The molecule has 0 saturated carbocycles. The summed E-state index contributed by atoms with van der Waals surface area (Å²) in [6.45, 7) is 8.33. The molecule has 1 aliphatic rings. The first kappa shape index (κ1) is 15.4. The highest BCUT2D eigenvalue weighted by molar-refractivity contribution is 6.55. The second-order valence-electron chi connectivity index (χ2n) is 5.79. The lowest BCUT2D eigenvalue weighted by Gasteiger charge is -2.32. The van der Waals surface area contributed by atoms with Crippen molar-refractivity contribution in [2.45, 2.75) is 38.9 Å². The number of nitrogens with two attached hydrogens (primary N) is 1. The number of halogens is 1. The fraction of sp³-hybridized carbons (Fsp3) is 0.538. The molecular formula is C13H19BClN3O2. The van der Waals surface area contributed by atoms with E-state index in [9.17, 15) is 0 Å². The maximum absolute atomic E-state index is 5.97. The van der Waals surface area contributed by atoms with Crippen molar-refractivity contribution in [1.82, 2.24) is 10.2 Å². The minimum Gasteiger partial charge on any atom is -0.400 e. The van der Waals surface area contributed by atoms with Gasteiger partial charge in [-0.05, 0) is 51.4 Å². The van der Waals surface area contributed by atoms with E-state index in [0.717, 1.165) is 5.47 Å². The van der Waals surface area contributed by atoms with E-state index in [1.807, 2.05) is 33.8 Å². The Bertz CT molecular complexity index is 501. The molecule has 5 nitrogen and oxygen atoms in total. The van der Waals surface area contributed by atoms with Crippen molar-refractivity contribution < 1.29 is 9.31 Å². The first-order valence-corrected chi connectivity index (χ1v) is 6.88. The van der Waals surface area contributed by atoms with Crippen molar-refractivity contribution in [3.05, 3.63) is 28.5 Å². The normalized spacial score (nSPS) is 21.3. The second-order valence-corrected chi connectivity index (χ2v) is 6.18. The van der Waals surface area contributed by atoms with Gasteiger partial charge in [-0.15, -0.1) is 10.2 Å². The van der Waals surface area contributed by atoms with E-state index in [1.54, 1.807) is 12.1 Å². The predicted molar refractivity (Wildman–Crippen MR) is 80.2 cm³/mol. The summed E-state index contributed by atoms with van der Waals surface area (Å²) < 4.78 is 11.9. The summed E-state index contributed by atoms with van der Waals surface area (Å²) in [6.07, 6.45) is 1.82. The van der Waals surface area contributed by atoms with E-state index in [4.69, 9.17) is 26.6 Å². The molecule has 0 bridgehead atoms. The molecule has 0 aliphatic carbocycles. The smallest absolute Gasteiger partial charge is 0.400 e. The van der Waals surface area contributed by atoms with E-state index < -0.39 is 18.3 Å². The Morgan fingerprint density at radius 3 is 2.30 bits per heavy atom. The Morgan fingerprint density at radius 2 is 1.85 bits per heavy atom. The highest BCUT2D eigenvalue weighted by Crippen LogP contribution is 2.38. The molecule has 1 aromatic heterocycles. The van der Waals surface area contributed by atoms with Gasteiger partial charge in [-0.3, -0.25) is 0 Å². The van der Waals surface area contributed by atoms with Crippen LogP contribution < -0.4 is 5.73 Å². The van der Waals surface area contributed by atoms with Crippen LogP contribution >= 0.6 is 11.6 Å². The van der Waals surface area contributed by atoms with Crippen LogP contribution in [-0.4, -0.2) is 35.1 Å². The molecule has 1 aliphatic heterocycles. The van der Waals surface area contributed by atoms with Gasteiger partial charge in [0, 0.05) is 6.54 Å². The molecule has 108 valence electrons. The van der Waals surface area contributed by atoms with Crippen LogP contribution in [0.4, 0.5) is 0 Å². The second kappa shape index (κ2) is 5.45. The summed E-state index contributed by atoms with van der Waals surface area (Å²) in [7, 11) is -0.470. The standard InChI is InChI=1S/C13H19BClN3O2/c1-12(2)13(3,4)20-14(19-12)9(8-16)7-10-5-6-11(15)18-17-10/h5-7H,8,16H2,1-4H3. The monoisotopic (exact) mass is 295 g/mol. The van der Waals surface area contributed by atoms with Crippen molar-refractivity contribution in [3.8, 4) is 0 Å². The number of nitrogens with zero attached hydrogens (tertiary/aromatic N) is 2. The van der Waals surface area contributed by atoms with Gasteiger partial charge >= 0.3 is 7.12 Å². The van der Waals surface area contributed by atoms with Crippen molar-refractivity contribution in [2.75, 3.05) is 6.54 Å². The van der Waals surface area contributed by atoms with Crippen LogP contribution in [0.2, 0.25) is 5.15 Å². The molecule has 7 heteroatoms. The van der Waals surface area contributed by atoms with Crippen molar-refractivity contribution >= 4 is 24.8 Å². The molecule has 20 heavy (non-hydrogen) atoms. The van der Waals surface area contributed by atoms with Crippen molar-refractivity contribution in [3.63, 3.8) is 0 Å². The first-order valence-electron chi connectivity index (χ1n) is 6.50. The molecule has 0 spiro atoms. The van der Waals surface area contributed by atoms with E-state index in [0.29, 0.717) is 17.4 Å². The third-order valence-electron chi connectivity index (χ3n) is 3.78. The van der Waals surface area contributed by atoms with Gasteiger partial charge in [0.25, 0.3) is 0 Å². The summed E-state index contributed by atoms with van der Waals surface area (Å²) in [5, 5.41) is 8.14. The van der Waals surface area contributed by atoms with Crippen LogP contribution in [0.5, 0.6) is 0 Å². The number of hydrogen-bond acceptors (Lipinski definition) is 5. The largest absolute Gasteiger partial charge is 0.491 e. The molecular weight excluding hydrogens is 276 g/mol.